The minimum Gasteiger partial charge on any atom is -0.314 e. The van der Waals surface area contributed by atoms with Crippen molar-refractivity contribution in [3.63, 3.8) is 0 Å². The first-order valence-electron chi connectivity index (χ1n) is 7.46. The van der Waals surface area contributed by atoms with Crippen LogP contribution in [0.5, 0.6) is 0 Å². The Hall–Kier alpha value is -0.740. The fourth-order valence-corrected chi connectivity index (χ4v) is 3.30. The minimum atomic E-state index is -2.51. The van der Waals surface area contributed by atoms with E-state index in [0.29, 0.717) is 24.3 Å². The van der Waals surface area contributed by atoms with Crippen molar-refractivity contribution in [1.82, 2.24) is 5.32 Å². The van der Waals surface area contributed by atoms with E-state index in [1.165, 1.54) is 12.1 Å². The lowest BCUT2D eigenvalue weighted by molar-refractivity contribution is -0.0494. The SMILES string of the molecule is CCNC(Cc1ccc(F)cc1Cl)C1CCC(F)(F)CC1. The summed E-state index contributed by atoms with van der Waals surface area (Å²) in [5.74, 6) is -2.66. The molecular formula is C16H21ClF3N. The molecule has 1 nitrogen and oxygen atoms in total. The van der Waals surface area contributed by atoms with Gasteiger partial charge in [0.2, 0.25) is 5.92 Å². The molecule has 21 heavy (non-hydrogen) atoms. The molecule has 0 saturated heterocycles. The Balaban J connectivity index is 2.05. The summed E-state index contributed by atoms with van der Waals surface area (Å²) in [5.41, 5.74) is 0.862. The summed E-state index contributed by atoms with van der Waals surface area (Å²) in [7, 11) is 0. The van der Waals surface area contributed by atoms with Crippen molar-refractivity contribution in [3.8, 4) is 0 Å². The molecule has 0 amide bonds. The summed E-state index contributed by atoms with van der Waals surface area (Å²) < 4.78 is 39.6. The monoisotopic (exact) mass is 319 g/mol. The summed E-state index contributed by atoms with van der Waals surface area (Å²) in [6.45, 7) is 2.77. The Morgan fingerprint density at radius 2 is 2.00 bits per heavy atom. The van der Waals surface area contributed by atoms with Crippen molar-refractivity contribution in [1.29, 1.82) is 0 Å². The van der Waals surface area contributed by atoms with Gasteiger partial charge >= 0.3 is 0 Å². The Morgan fingerprint density at radius 1 is 1.33 bits per heavy atom. The maximum Gasteiger partial charge on any atom is 0.248 e. The van der Waals surface area contributed by atoms with Crippen molar-refractivity contribution in [2.75, 3.05) is 6.54 Å². The van der Waals surface area contributed by atoms with Crippen molar-refractivity contribution in [2.45, 2.75) is 51.0 Å². The lowest BCUT2D eigenvalue weighted by atomic mass is 9.80. The van der Waals surface area contributed by atoms with Crippen LogP contribution < -0.4 is 5.32 Å². The van der Waals surface area contributed by atoms with E-state index in [1.54, 1.807) is 6.07 Å². The zero-order valence-electron chi connectivity index (χ0n) is 12.1. The zero-order valence-corrected chi connectivity index (χ0v) is 12.9. The van der Waals surface area contributed by atoms with E-state index in [2.05, 4.69) is 5.32 Å². The average Bonchev–Trinajstić information content (AvgIpc) is 2.41. The predicted molar refractivity (Wildman–Crippen MR) is 79.5 cm³/mol. The second-order valence-corrected chi connectivity index (χ2v) is 6.20. The lowest BCUT2D eigenvalue weighted by Gasteiger charge is -2.34. The van der Waals surface area contributed by atoms with Crippen molar-refractivity contribution >= 4 is 11.6 Å². The number of hydrogen-bond acceptors (Lipinski definition) is 1. The maximum atomic E-state index is 13.3. The van der Waals surface area contributed by atoms with Crippen LogP contribution in [0.25, 0.3) is 0 Å². The van der Waals surface area contributed by atoms with Gasteiger partial charge in [-0.2, -0.15) is 0 Å². The molecule has 118 valence electrons. The number of benzene rings is 1. The number of likely N-dealkylation sites (N-methyl/N-ethyl adjacent to an activating group) is 1. The first-order valence-corrected chi connectivity index (χ1v) is 7.84. The van der Waals surface area contributed by atoms with Gasteiger partial charge in [0, 0.05) is 23.9 Å². The molecule has 1 aromatic carbocycles. The lowest BCUT2D eigenvalue weighted by Crippen LogP contribution is -2.41. The third-order valence-corrected chi connectivity index (χ3v) is 4.60. The predicted octanol–water partition coefficient (Wildman–Crippen LogP) is 4.83. The molecular weight excluding hydrogens is 299 g/mol. The fraction of sp³-hybridized carbons (Fsp3) is 0.625. The van der Waals surface area contributed by atoms with Crippen LogP contribution >= 0.6 is 11.6 Å². The molecule has 0 aliphatic heterocycles. The molecule has 1 N–H and O–H groups in total. The molecule has 5 heteroatoms. The van der Waals surface area contributed by atoms with Crippen LogP contribution in [0, 0.1) is 11.7 Å². The molecule has 0 radical (unpaired) electrons. The van der Waals surface area contributed by atoms with Gasteiger partial charge in [-0.25, -0.2) is 13.2 Å². The Labute approximate surface area is 128 Å². The van der Waals surface area contributed by atoms with Crippen molar-refractivity contribution in [3.05, 3.63) is 34.6 Å². The first kappa shape index (κ1) is 16.6. The van der Waals surface area contributed by atoms with Gasteiger partial charge in [0.25, 0.3) is 0 Å². The van der Waals surface area contributed by atoms with Crippen LogP contribution in [0.15, 0.2) is 18.2 Å². The second-order valence-electron chi connectivity index (χ2n) is 5.80. The number of nitrogens with one attached hydrogen (secondary N) is 1. The van der Waals surface area contributed by atoms with E-state index < -0.39 is 5.92 Å². The number of alkyl halides is 2. The Morgan fingerprint density at radius 3 is 2.57 bits per heavy atom. The molecule has 1 saturated carbocycles. The van der Waals surface area contributed by atoms with Gasteiger partial charge < -0.3 is 5.32 Å². The Kier molecular flexibility index (Phi) is 5.55. The number of rotatable bonds is 5. The van der Waals surface area contributed by atoms with Gasteiger partial charge in [-0.15, -0.1) is 0 Å². The highest BCUT2D eigenvalue weighted by molar-refractivity contribution is 6.31. The van der Waals surface area contributed by atoms with E-state index >= 15 is 0 Å². The van der Waals surface area contributed by atoms with Crippen LogP contribution in [0.3, 0.4) is 0 Å². The number of hydrogen-bond donors (Lipinski definition) is 1. The molecule has 1 aromatic rings. The van der Waals surface area contributed by atoms with Gasteiger partial charge in [0.05, 0.1) is 0 Å². The van der Waals surface area contributed by atoms with E-state index in [9.17, 15) is 13.2 Å². The largest absolute Gasteiger partial charge is 0.314 e. The van der Waals surface area contributed by atoms with E-state index in [1.807, 2.05) is 6.92 Å². The highest BCUT2D eigenvalue weighted by Gasteiger charge is 2.37. The molecule has 2 rings (SSSR count). The summed E-state index contributed by atoms with van der Waals surface area (Å²) in [6.07, 6.45) is 1.59. The smallest absolute Gasteiger partial charge is 0.248 e. The van der Waals surface area contributed by atoms with Crippen LogP contribution in [-0.4, -0.2) is 18.5 Å². The second kappa shape index (κ2) is 7.01. The van der Waals surface area contributed by atoms with Crippen LogP contribution in [-0.2, 0) is 6.42 Å². The maximum absolute atomic E-state index is 13.3. The Bertz CT molecular complexity index is 469. The standard InChI is InChI=1S/C16H21ClF3N/c1-2-21-15(11-5-7-16(19,20)8-6-11)9-12-3-4-13(18)10-14(12)17/h3-4,10-11,15,21H,2,5-9H2,1H3. The molecule has 0 aromatic heterocycles. The summed E-state index contributed by atoms with van der Waals surface area (Å²) in [6, 6.07) is 4.47. The summed E-state index contributed by atoms with van der Waals surface area (Å²) in [5, 5.41) is 3.77. The van der Waals surface area contributed by atoms with Gasteiger partial charge in [-0.3, -0.25) is 0 Å². The highest BCUT2D eigenvalue weighted by atomic mass is 35.5. The topological polar surface area (TPSA) is 12.0 Å². The number of halogens is 4. The molecule has 1 unspecified atom stereocenters. The molecule has 1 atom stereocenters. The molecule has 1 aliphatic rings. The molecule has 0 heterocycles. The average molecular weight is 320 g/mol. The molecule has 1 aliphatic carbocycles. The van der Waals surface area contributed by atoms with Gasteiger partial charge in [0.1, 0.15) is 5.82 Å². The fourth-order valence-electron chi connectivity index (χ4n) is 3.06. The van der Waals surface area contributed by atoms with Gasteiger partial charge in [-0.1, -0.05) is 24.6 Å². The quantitative estimate of drug-likeness (QED) is 0.820. The third-order valence-electron chi connectivity index (χ3n) is 4.25. The van der Waals surface area contributed by atoms with Crippen LogP contribution in [0.1, 0.15) is 38.2 Å². The van der Waals surface area contributed by atoms with E-state index in [0.717, 1.165) is 12.1 Å². The normalized spacial score (nSPS) is 20.4. The first-order chi connectivity index (χ1) is 9.91. The van der Waals surface area contributed by atoms with Crippen molar-refractivity contribution < 1.29 is 13.2 Å². The van der Waals surface area contributed by atoms with Crippen molar-refractivity contribution in [2.24, 2.45) is 5.92 Å². The van der Waals surface area contributed by atoms with Gasteiger partial charge in [0.15, 0.2) is 0 Å². The summed E-state index contributed by atoms with van der Waals surface area (Å²) >= 11 is 6.07. The zero-order chi connectivity index (χ0) is 15.5. The summed E-state index contributed by atoms with van der Waals surface area (Å²) in [4.78, 5) is 0. The molecule has 0 bridgehead atoms. The molecule has 1 fully saturated rings. The third kappa shape index (κ3) is 4.62. The van der Waals surface area contributed by atoms with E-state index in [-0.39, 0.29) is 30.6 Å². The minimum absolute atomic E-state index is 0.0449. The van der Waals surface area contributed by atoms with Crippen LogP contribution in [0.2, 0.25) is 5.02 Å². The highest BCUT2D eigenvalue weighted by Crippen LogP contribution is 2.38. The molecule has 0 spiro atoms. The van der Waals surface area contributed by atoms with Gasteiger partial charge in [-0.05, 0) is 49.4 Å². The van der Waals surface area contributed by atoms with E-state index in [4.69, 9.17) is 11.6 Å². The van der Waals surface area contributed by atoms with Crippen LogP contribution in [0.4, 0.5) is 13.2 Å².